The first-order valence-electron chi connectivity index (χ1n) is 9.50. The fourth-order valence-corrected chi connectivity index (χ4v) is 3.91. The van der Waals surface area contributed by atoms with E-state index in [4.69, 9.17) is 9.47 Å². The number of methoxy groups -OCH3 is 1. The molecule has 2 aromatic rings. The molecule has 1 atom stereocenters. The molecule has 0 aliphatic heterocycles. The van der Waals surface area contributed by atoms with Crippen LogP contribution in [0.2, 0.25) is 0 Å². The molecular formula is C25H16N4O3. The number of esters is 1. The fraction of sp³-hybridized carbons (Fsp3) is 0.160. The van der Waals surface area contributed by atoms with Gasteiger partial charge in [-0.15, -0.1) is 0 Å². The zero-order valence-corrected chi connectivity index (χ0v) is 17.3. The minimum absolute atomic E-state index is 0.182. The number of allylic oxidation sites excluding steroid dienone is 2. The highest BCUT2D eigenvalue weighted by Crippen LogP contribution is 2.54. The standard InChI is InChI=1S/C25H16N4O3/c1-15(30)32-25(16-7-9-19(31-2)10-8-16)24-22(17(11-26)12-27)20-5-3-4-6-21(20)23(24)18(13-28)14-29/h3-10,24-25H,1-2H3. The Morgan fingerprint density at radius 3 is 1.69 bits per heavy atom. The zero-order valence-electron chi connectivity index (χ0n) is 17.3. The van der Waals surface area contributed by atoms with Gasteiger partial charge in [-0.25, -0.2) is 0 Å². The van der Waals surface area contributed by atoms with Gasteiger partial charge in [-0.05, 0) is 28.8 Å². The largest absolute Gasteiger partial charge is 0.497 e. The maximum atomic E-state index is 12.1. The first-order valence-corrected chi connectivity index (χ1v) is 9.50. The van der Waals surface area contributed by atoms with E-state index in [-0.39, 0.29) is 11.1 Å². The molecule has 0 N–H and O–H groups in total. The first-order chi connectivity index (χ1) is 15.5. The summed E-state index contributed by atoms with van der Waals surface area (Å²) in [4.78, 5) is 12.1. The molecule has 0 bridgehead atoms. The molecule has 0 fully saturated rings. The lowest BCUT2D eigenvalue weighted by atomic mass is 9.83. The predicted octanol–water partition coefficient (Wildman–Crippen LogP) is 4.23. The number of carbonyl (C=O) groups excluding carboxylic acids is 1. The maximum Gasteiger partial charge on any atom is 0.303 e. The maximum absolute atomic E-state index is 12.1. The number of fused-ring (bicyclic) bond motifs is 1. The number of nitriles is 4. The van der Waals surface area contributed by atoms with Crippen LogP contribution in [0.25, 0.3) is 11.1 Å². The van der Waals surface area contributed by atoms with Gasteiger partial charge in [0.15, 0.2) is 0 Å². The number of hydrogen-bond donors (Lipinski definition) is 0. The second-order valence-electron chi connectivity index (χ2n) is 6.85. The Morgan fingerprint density at radius 1 is 0.844 bits per heavy atom. The molecule has 0 saturated carbocycles. The van der Waals surface area contributed by atoms with Crippen LogP contribution in [0.15, 0.2) is 59.7 Å². The van der Waals surface area contributed by atoms with E-state index < -0.39 is 18.0 Å². The Labute approximate surface area is 185 Å². The van der Waals surface area contributed by atoms with Crippen molar-refractivity contribution >= 4 is 17.1 Å². The normalized spacial score (nSPS) is 12.9. The van der Waals surface area contributed by atoms with E-state index in [2.05, 4.69) is 0 Å². The van der Waals surface area contributed by atoms with E-state index in [1.165, 1.54) is 14.0 Å². The van der Waals surface area contributed by atoms with E-state index >= 15 is 0 Å². The average Bonchev–Trinajstić information content (AvgIpc) is 3.14. The van der Waals surface area contributed by atoms with Crippen LogP contribution in [-0.2, 0) is 9.53 Å². The first kappa shape index (κ1) is 21.8. The molecule has 0 aromatic heterocycles. The highest BCUT2D eigenvalue weighted by Gasteiger charge is 2.43. The molecule has 7 nitrogen and oxygen atoms in total. The summed E-state index contributed by atoms with van der Waals surface area (Å²) in [6, 6.07) is 21.3. The number of hydrogen-bond acceptors (Lipinski definition) is 7. The molecule has 3 rings (SSSR count). The summed E-state index contributed by atoms with van der Waals surface area (Å²) in [6.07, 6.45) is -0.996. The second-order valence-corrected chi connectivity index (χ2v) is 6.85. The van der Waals surface area contributed by atoms with Crippen molar-refractivity contribution in [2.24, 2.45) is 5.92 Å². The van der Waals surface area contributed by atoms with Gasteiger partial charge in [0.05, 0.1) is 13.0 Å². The number of benzene rings is 2. The Morgan fingerprint density at radius 2 is 1.31 bits per heavy atom. The molecule has 0 saturated heterocycles. The van der Waals surface area contributed by atoms with Gasteiger partial charge in [-0.2, -0.15) is 21.0 Å². The van der Waals surface area contributed by atoms with Gasteiger partial charge in [-0.1, -0.05) is 36.4 Å². The van der Waals surface area contributed by atoms with Crippen LogP contribution in [-0.4, -0.2) is 13.1 Å². The molecule has 1 aliphatic rings. The van der Waals surface area contributed by atoms with E-state index in [1.807, 2.05) is 24.3 Å². The summed E-state index contributed by atoms with van der Waals surface area (Å²) in [7, 11) is 1.52. The molecule has 154 valence electrons. The molecular weight excluding hydrogens is 404 g/mol. The van der Waals surface area contributed by atoms with Crippen molar-refractivity contribution in [1.29, 1.82) is 21.0 Å². The van der Waals surface area contributed by atoms with Crippen molar-refractivity contribution in [3.63, 3.8) is 0 Å². The van der Waals surface area contributed by atoms with Crippen LogP contribution in [0.4, 0.5) is 0 Å². The third-order valence-electron chi connectivity index (χ3n) is 5.16. The van der Waals surface area contributed by atoms with Gasteiger partial charge in [0.1, 0.15) is 47.3 Å². The van der Waals surface area contributed by atoms with Gasteiger partial charge < -0.3 is 9.47 Å². The monoisotopic (exact) mass is 420 g/mol. The topological polar surface area (TPSA) is 131 Å². The quantitative estimate of drug-likeness (QED) is 0.534. The average molecular weight is 420 g/mol. The van der Waals surface area contributed by atoms with Crippen LogP contribution in [0.3, 0.4) is 0 Å². The summed E-state index contributed by atoms with van der Waals surface area (Å²) < 4.78 is 10.9. The molecule has 32 heavy (non-hydrogen) atoms. The van der Waals surface area contributed by atoms with Crippen LogP contribution in [0.1, 0.15) is 29.7 Å². The van der Waals surface area contributed by atoms with Gasteiger partial charge in [0.2, 0.25) is 0 Å². The molecule has 0 heterocycles. The Kier molecular flexibility index (Phi) is 6.36. The SMILES string of the molecule is COc1ccc(C(OC(C)=O)C2C(=C(C#N)C#N)c3ccccc3C2=C(C#N)C#N)cc1. The summed E-state index contributed by atoms with van der Waals surface area (Å²) in [5, 5.41) is 38.7. The smallest absolute Gasteiger partial charge is 0.303 e. The summed E-state index contributed by atoms with van der Waals surface area (Å²) in [6.45, 7) is 1.25. The Balaban J connectivity index is 2.42. The highest BCUT2D eigenvalue weighted by atomic mass is 16.5. The second kappa shape index (κ2) is 9.31. The number of carbonyl (C=O) groups is 1. The lowest BCUT2D eigenvalue weighted by molar-refractivity contribution is -0.147. The minimum Gasteiger partial charge on any atom is -0.497 e. The van der Waals surface area contributed by atoms with Crippen LogP contribution >= 0.6 is 0 Å². The summed E-state index contributed by atoms with van der Waals surface area (Å²) in [5.41, 5.74) is 1.89. The minimum atomic E-state index is -0.996. The van der Waals surface area contributed by atoms with Crippen molar-refractivity contribution in [3.8, 4) is 30.0 Å². The predicted molar refractivity (Wildman–Crippen MR) is 114 cm³/mol. The number of rotatable bonds is 4. The van der Waals surface area contributed by atoms with E-state index in [0.29, 0.717) is 33.6 Å². The van der Waals surface area contributed by atoms with E-state index in [9.17, 15) is 25.8 Å². The van der Waals surface area contributed by atoms with E-state index in [1.54, 1.807) is 48.5 Å². The van der Waals surface area contributed by atoms with Crippen LogP contribution < -0.4 is 4.74 Å². The number of nitrogens with zero attached hydrogens (tertiary/aromatic N) is 4. The molecule has 0 radical (unpaired) electrons. The van der Waals surface area contributed by atoms with Gasteiger partial charge in [0, 0.05) is 18.1 Å². The Hall–Kier alpha value is -4.85. The van der Waals surface area contributed by atoms with Crippen LogP contribution in [0, 0.1) is 51.2 Å². The van der Waals surface area contributed by atoms with E-state index in [0.717, 1.165) is 0 Å². The Bertz CT molecular complexity index is 1210. The summed E-state index contributed by atoms with van der Waals surface area (Å²) in [5.74, 6) is -0.916. The molecule has 1 aliphatic carbocycles. The van der Waals surface area contributed by atoms with Crippen LogP contribution in [0.5, 0.6) is 5.75 Å². The third kappa shape index (κ3) is 3.80. The van der Waals surface area contributed by atoms with Gasteiger partial charge in [-0.3, -0.25) is 4.79 Å². The molecule has 1 unspecified atom stereocenters. The van der Waals surface area contributed by atoms with Crippen molar-refractivity contribution in [2.75, 3.05) is 7.11 Å². The van der Waals surface area contributed by atoms with Crippen molar-refractivity contribution in [3.05, 3.63) is 76.4 Å². The van der Waals surface area contributed by atoms with Gasteiger partial charge in [0.25, 0.3) is 0 Å². The lowest BCUT2D eigenvalue weighted by Gasteiger charge is -2.27. The fourth-order valence-electron chi connectivity index (χ4n) is 3.91. The molecule has 7 heteroatoms. The van der Waals surface area contributed by atoms with Gasteiger partial charge >= 0.3 is 5.97 Å². The van der Waals surface area contributed by atoms with Crippen molar-refractivity contribution in [2.45, 2.75) is 13.0 Å². The summed E-state index contributed by atoms with van der Waals surface area (Å²) >= 11 is 0. The van der Waals surface area contributed by atoms with Crippen molar-refractivity contribution < 1.29 is 14.3 Å². The third-order valence-corrected chi connectivity index (χ3v) is 5.16. The lowest BCUT2D eigenvalue weighted by Crippen LogP contribution is -2.19. The number of ether oxygens (including phenoxy) is 2. The highest BCUT2D eigenvalue weighted by molar-refractivity contribution is 6.01. The molecule has 0 amide bonds. The zero-order chi connectivity index (χ0) is 23.3. The molecule has 0 spiro atoms. The molecule has 2 aromatic carbocycles. The van der Waals surface area contributed by atoms with Crippen molar-refractivity contribution in [1.82, 2.24) is 0 Å².